The van der Waals surface area contributed by atoms with E-state index in [0.717, 1.165) is 44.8 Å². The summed E-state index contributed by atoms with van der Waals surface area (Å²) in [6.45, 7) is 9.67. The van der Waals surface area contributed by atoms with Crippen LogP contribution in [0.4, 0.5) is 0 Å². The summed E-state index contributed by atoms with van der Waals surface area (Å²) in [5, 5.41) is 31.1. The van der Waals surface area contributed by atoms with Gasteiger partial charge in [-0.3, -0.25) is 24.0 Å². The summed E-state index contributed by atoms with van der Waals surface area (Å²) in [4.78, 5) is 90.4. The van der Waals surface area contributed by atoms with Gasteiger partial charge >= 0.3 is 63.3 Å². The minimum absolute atomic E-state index is 0. The average molecular weight is 1020 g/mol. The fourth-order valence-electron chi connectivity index (χ4n) is 6.20. The van der Waals surface area contributed by atoms with Crippen molar-refractivity contribution in [3.8, 4) is 0 Å². The van der Waals surface area contributed by atoms with Gasteiger partial charge in [0.1, 0.15) is 25.5 Å². The number of hydrogen-bond donors (Lipinski definition) is 7. The number of amides is 4. The van der Waals surface area contributed by atoms with Crippen molar-refractivity contribution >= 4 is 56.1 Å². The summed E-state index contributed by atoms with van der Waals surface area (Å²) >= 11 is 0. The summed E-state index contributed by atoms with van der Waals surface area (Å²) < 4.78 is 21.3. The van der Waals surface area contributed by atoms with Crippen LogP contribution in [-0.4, -0.2) is 151 Å². The van der Waals surface area contributed by atoms with Crippen molar-refractivity contribution < 1.29 is 119 Å². The molecule has 70 heavy (non-hydrogen) atoms. The molecule has 2 atom stereocenters. The van der Waals surface area contributed by atoms with Gasteiger partial charge in [-0.05, 0) is 25.7 Å². The van der Waals surface area contributed by atoms with Gasteiger partial charge in [-0.2, -0.15) is 0 Å². The number of aldehydes is 1. The number of aliphatic carboxylic acids is 2. The van der Waals surface area contributed by atoms with E-state index >= 15 is 0 Å². The molecule has 0 saturated heterocycles. The Labute approximate surface area is 463 Å². The Kier molecular flexibility index (Phi) is 62.8. The second-order valence-electron chi connectivity index (χ2n) is 16.6. The summed E-state index contributed by atoms with van der Waals surface area (Å²) in [5.41, 5.74) is 0. The summed E-state index contributed by atoms with van der Waals surface area (Å²) in [7, 11) is 5.20. The zero-order chi connectivity index (χ0) is 52.0. The predicted molar refractivity (Wildman–Crippen MR) is 266 cm³/mol. The number of hydrogen-bond acceptors (Lipinski definition) is 13. The molecule has 2 unspecified atom stereocenters. The van der Waals surface area contributed by atoms with E-state index in [9.17, 15) is 43.5 Å². The Bertz CT molecular complexity index is 1290. The first-order valence-corrected chi connectivity index (χ1v) is 25.5. The normalized spacial score (nSPS) is 11.3. The topological polar surface area (TPSA) is 274 Å². The Morgan fingerprint density at radius 3 is 1.33 bits per heavy atom. The van der Waals surface area contributed by atoms with Gasteiger partial charge in [-0.25, -0.2) is 11.1 Å². The Morgan fingerprint density at radius 2 is 0.929 bits per heavy atom. The Morgan fingerprint density at radius 1 is 0.529 bits per heavy atom. The number of carboxylic acids is 2. The largest absolute Gasteiger partial charge is 1.00 e. The van der Waals surface area contributed by atoms with E-state index < -0.39 is 24.0 Å². The molecule has 21 heteroatoms. The molecule has 0 rings (SSSR count). The van der Waals surface area contributed by atoms with Gasteiger partial charge in [-0.1, -0.05) is 130 Å². The van der Waals surface area contributed by atoms with Crippen LogP contribution in [0.15, 0.2) is 0 Å². The van der Waals surface area contributed by atoms with Gasteiger partial charge in [0.25, 0.3) is 0 Å². The van der Waals surface area contributed by atoms with E-state index in [1.54, 1.807) is 6.29 Å². The van der Waals surface area contributed by atoms with Gasteiger partial charge in [0.15, 0.2) is 7.98 Å². The predicted octanol–water partition coefficient (Wildman–Crippen LogP) is 2.05. The van der Waals surface area contributed by atoms with Crippen molar-refractivity contribution in [3.63, 3.8) is 0 Å². The van der Waals surface area contributed by atoms with Crippen LogP contribution in [0.5, 0.6) is 0 Å². The van der Waals surface area contributed by atoms with Crippen molar-refractivity contribution in [3.05, 3.63) is 0 Å². The Balaban J connectivity index is -0.00000254. The van der Waals surface area contributed by atoms with Crippen LogP contribution >= 0.6 is 0 Å². The van der Waals surface area contributed by atoms with Crippen molar-refractivity contribution in [1.29, 1.82) is 0 Å². The van der Waals surface area contributed by atoms with E-state index in [1.807, 2.05) is 27.7 Å². The molecule has 7 N–H and O–H groups in total. The monoisotopic (exact) mass is 1020 g/mol. The molecule has 0 aliphatic rings. The SMILES string of the molecule is CC.CC(C)C=O.[B]NC([C-]=O)CCCCNC(=O)COCCOCCNC(=O)COCCOCCNC(=O)CCC(NC(=O)CCCCCCCCCCCCCCCCCCC(=O)O)C(=O)O.[K+]. The van der Waals surface area contributed by atoms with Gasteiger partial charge in [0, 0.05) is 44.8 Å². The number of nitrogens with one attached hydrogen (secondary N) is 5. The molecule has 0 aliphatic carbocycles. The van der Waals surface area contributed by atoms with E-state index in [1.165, 1.54) is 57.8 Å². The van der Waals surface area contributed by atoms with Crippen LogP contribution in [-0.2, 0) is 57.3 Å². The fraction of sp³-hybridized carbons (Fsp3) is 0.837. The molecule has 0 heterocycles. The van der Waals surface area contributed by atoms with Crippen LogP contribution in [0.25, 0.3) is 0 Å². The van der Waals surface area contributed by atoms with E-state index in [0.29, 0.717) is 32.2 Å². The number of carbonyl (C=O) groups excluding carboxylic acids is 6. The molecule has 0 aromatic rings. The van der Waals surface area contributed by atoms with Crippen LogP contribution in [0.2, 0.25) is 0 Å². The molecule has 0 aromatic heterocycles. The van der Waals surface area contributed by atoms with Crippen molar-refractivity contribution in [2.75, 3.05) is 72.5 Å². The summed E-state index contributed by atoms with van der Waals surface area (Å²) in [6, 6.07) is -1.65. The third kappa shape index (κ3) is 60.0. The maximum absolute atomic E-state index is 12.3. The molecular weight excluding hydrogens is 932 g/mol. The van der Waals surface area contributed by atoms with E-state index in [4.69, 9.17) is 32.0 Å². The van der Waals surface area contributed by atoms with Crippen molar-refractivity contribution in [2.24, 2.45) is 5.92 Å². The number of unbranched alkanes of at least 4 members (excludes halogenated alkanes) is 16. The number of carbonyl (C=O) groups is 7. The van der Waals surface area contributed by atoms with Crippen LogP contribution < -0.4 is 77.9 Å². The molecular formula is C49H91BKN5O14. The van der Waals surface area contributed by atoms with Crippen molar-refractivity contribution in [2.45, 2.75) is 187 Å². The third-order valence-electron chi connectivity index (χ3n) is 10.0. The molecule has 2 radical (unpaired) electrons. The first-order valence-electron chi connectivity index (χ1n) is 25.5. The van der Waals surface area contributed by atoms with E-state index in [2.05, 4.69) is 26.5 Å². The van der Waals surface area contributed by atoms with Gasteiger partial charge in [0.2, 0.25) is 23.6 Å². The van der Waals surface area contributed by atoms with Crippen LogP contribution in [0.1, 0.15) is 175 Å². The molecule has 19 nitrogen and oxygen atoms in total. The van der Waals surface area contributed by atoms with Gasteiger partial charge in [-0.15, -0.1) is 6.04 Å². The zero-order valence-corrected chi connectivity index (χ0v) is 46.8. The number of carboxylic acid groups (broad SMARTS) is 2. The molecule has 0 fully saturated rings. The maximum atomic E-state index is 12.3. The second kappa shape index (κ2) is 59.2. The molecule has 0 aliphatic heterocycles. The van der Waals surface area contributed by atoms with Crippen LogP contribution in [0.3, 0.4) is 0 Å². The standard InChI is InChI=1S/C43H77BN5O13.C4H8O.C2H6.K/c44-49-36(33-50)19-17-18-24-45-40(53)34-61-31-30-60-28-26-47-41(54)35-62-32-29-59-27-25-46-38(51)23-22-37(43(57)58)48-39(52)20-15-13-11-9-7-5-3-1-2-4-6-8-10-12-14-16-21-42(55)56;1-4(2)3-5;1-2;/h36-37,49H,1-32,34-35H2,(H,45,53)(H,46,51)(H,47,54)(H,48,52)(H,55,56)(H,57,58);3-4H,1-2H3;1-2H3;/q-1;;;+1. The maximum Gasteiger partial charge on any atom is 1.00 e. The third-order valence-corrected chi connectivity index (χ3v) is 10.0. The molecule has 0 saturated carbocycles. The second-order valence-corrected chi connectivity index (χ2v) is 16.6. The first kappa shape index (κ1) is 74.2. The fourth-order valence-corrected chi connectivity index (χ4v) is 6.20. The van der Waals surface area contributed by atoms with Crippen LogP contribution in [0, 0.1) is 5.92 Å². The zero-order valence-electron chi connectivity index (χ0n) is 43.7. The summed E-state index contributed by atoms with van der Waals surface area (Å²) in [5.74, 6) is -2.94. The molecule has 400 valence electrons. The van der Waals surface area contributed by atoms with Crippen molar-refractivity contribution in [1.82, 2.24) is 26.5 Å². The number of ether oxygens (including phenoxy) is 4. The van der Waals surface area contributed by atoms with Gasteiger partial charge in [0.05, 0.1) is 39.6 Å². The molecule has 0 aromatic carbocycles. The molecule has 0 bridgehead atoms. The minimum atomic E-state index is -1.18. The Hall–Kier alpha value is -2.34. The van der Waals surface area contributed by atoms with E-state index in [-0.39, 0.29) is 173 Å². The molecule has 0 spiro atoms. The van der Waals surface area contributed by atoms with Gasteiger partial charge < -0.3 is 65.2 Å². The average Bonchev–Trinajstić information content (AvgIpc) is 3.33. The quantitative estimate of drug-likeness (QED) is 0.0199. The minimum Gasteiger partial charge on any atom is -0.540 e. The first-order chi connectivity index (χ1) is 33.4. The summed E-state index contributed by atoms with van der Waals surface area (Å²) in [6.07, 6.45) is 22.9. The molecule has 4 amide bonds. The smallest absolute Gasteiger partial charge is 0.540 e. The number of rotatable bonds is 48.